The summed E-state index contributed by atoms with van der Waals surface area (Å²) in [5, 5.41) is 12.0. The first-order valence-electron chi connectivity index (χ1n) is 7.32. The number of benzene rings is 2. The first-order chi connectivity index (χ1) is 11.8. The fourth-order valence-electron chi connectivity index (χ4n) is 2.28. The maximum atomic E-state index is 12.9. The molecular weight excluding hydrogens is 351 g/mol. The molecule has 0 amide bonds. The molecule has 0 aliphatic carbocycles. The molecule has 7 nitrogen and oxygen atoms in total. The summed E-state index contributed by atoms with van der Waals surface area (Å²) in [6, 6.07) is 10.9. The number of carboxylic acid groups (broad SMARTS) is 1. The molecule has 2 aromatic rings. The molecule has 0 saturated carbocycles. The van der Waals surface area contributed by atoms with Crippen LogP contribution in [-0.4, -0.2) is 38.1 Å². The molecule has 0 bridgehead atoms. The monoisotopic (exact) mass is 366 g/mol. The van der Waals surface area contributed by atoms with Gasteiger partial charge in [0.25, 0.3) is 0 Å². The van der Waals surface area contributed by atoms with Crippen LogP contribution in [0.5, 0.6) is 11.5 Å². The third-order valence-corrected chi connectivity index (χ3v) is 5.33. The molecule has 9 heteroatoms. The minimum Gasteiger partial charge on any atom is -0.480 e. The lowest BCUT2D eigenvalue weighted by Gasteiger charge is -2.38. The maximum Gasteiger partial charge on any atom is 0.327 e. The van der Waals surface area contributed by atoms with Gasteiger partial charge in [0, 0.05) is 13.1 Å². The van der Waals surface area contributed by atoms with E-state index >= 15 is 0 Å². The predicted octanol–water partition coefficient (Wildman–Crippen LogP) is 1.32. The van der Waals surface area contributed by atoms with Crippen LogP contribution in [0, 0.1) is 5.82 Å². The highest BCUT2D eigenvalue weighted by Crippen LogP contribution is 2.24. The van der Waals surface area contributed by atoms with Crippen molar-refractivity contribution in [2.45, 2.75) is 10.4 Å². The Morgan fingerprint density at radius 1 is 1.08 bits per heavy atom. The summed E-state index contributed by atoms with van der Waals surface area (Å²) >= 11 is 0. The highest BCUT2D eigenvalue weighted by molar-refractivity contribution is 7.89. The van der Waals surface area contributed by atoms with Crippen LogP contribution in [0.15, 0.2) is 53.4 Å². The molecule has 1 heterocycles. The lowest BCUT2D eigenvalue weighted by molar-refractivity contribution is -0.146. The van der Waals surface area contributed by atoms with Crippen molar-refractivity contribution in [2.75, 3.05) is 13.1 Å². The lowest BCUT2D eigenvalue weighted by atomic mass is 9.94. The highest BCUT2D eigenvalue weighted by Gasteiger charge is 2.47. The van der Waals surface area contributed by atoms with Crippen LogP contribution >= 0.6 is 0 Å². The molecule has 132 valence electrons. The van der Waals surface area contributed by atoms with E-state index in [4.69, 9.17) is 4.74 Å². The van der Waals surface area contributed by atoms with E-state index in [1.54, 1.807) is 0 Å². The minimum atomic E-state index is -4.00. The maximum absolute atomic E-state index is 12.9. The fraction of sp³-hybridized carbons (Fsp3) is 0.188. The summed E-state index contributed by atoms with van der Waals surface area (Å²) < 4.78 is 45.3. The van der Waals surface area contributed by atoms with E-state index in [9.17, 15) is 22.7 Å². The van der Waals surface area contributed by atoms with Gasteiger partial charge in [0.1, 0.15) is 17.3 Å². The molecule has 3 rings (SSSR count). The van der Waals surface area contributed by atoms with Crippen LogP contribution in [0.1, 0.15) is 0 Å². The third kappa shape index (κ3) is 3.63. The zero-order valence-corrected chi connectivity index (χ0v) is 13.7. The summed E-state index contributed by atoms with van der Waals surface area (Å²) in [4.78, 5) is 11.2. The largest absolute Gasteiger partial charge is 0.480 e. The second-order valence-electron chi connectivity index (χ2n) is 5.62. The van der Waals surface area contributed by atoms with Crippen molar-refractivity contribution in [3.8, 4) is 11.5 Å². The predicted molar refractivity (Wildman–Crippen MR) is 86.5 cm³/mol. The van der Waals surface area contributed by atoms with Gasteiger partial charge in [-0.15, -0.1) is 0 Å². The molecule has 1 aliphatic rings. The first kappa shape index (κ1) is 17.3. The van der Waals surface area contributed by atoms with Gasteiger partial charge in [0.05, 0.1) is 4.90 Å². The van der Waals surface area contributed by atoms with Crippen LogP contribution < -0.4 is 14.8 Å². The molecule has 1 fully saturated rings. The van der Waals surface area contributed by atoms with E-state index in [-0.39, 0.29) is 18.0 Å². The number of hydrogen-bond acceptors (Lipinski definition) is 5. The third-order valence-electron chi connectivity index (χ3n) is 3.78. The van der Waals surface area contributed by atoms with Crippen LogP contribution in [0.4, 0.5) is 4.39 Å². The van der Waals surface area contributed by atoms with Gasteiger partial charge in [-0.3, -0.25) is 4.79 Å². The van der Waals surface area contributed by atoms with Crippen molar-refractivity contribution < 1.29 is 27.4 Å². The van der Waals surface area contributed by atoms with Crippen molar-refractivity contribution in [2.24, 2.45) is 0 Å². The van der Waals surface area contributed by atoms with Gasteiger partial charge < -0.3 is 15.2 Å². The Balaban J connectivity index is 1.75. The van der Waals surface area contributed by atoms with Gasteiger partial charge in [-0.2, -0.15) is 4.72 Å². The number of ether oxygens (including phenoxy) is 1. The molecule has 3 N–H and O–H groups in total. The van der Waals surface area contributed by atoms with Gasteiger partial charge in [-0.1, -0.05) is 0 Å². The fourth-order valence-corrected chi connectivity index (χ4v) is 3.64. The average molecular weight is 366 g/mol. The number of hydrogen-bond donors (Lipinski definition) is 3. The van der Waals surface area contributed by atoms with Crippen LogP contribution in [0.2, 0.25) is 0 Å². The Morgan fingerprint density at radius 2 is 1.60 bits per heavy atom. The zero-order chi connectivity index (χ0) is 18.1. The van der Waals surface area contributed by atoms with E-state index in [1.165, 1.54) is 48.5 Å². The minimum absolute atomic E-state index is 0.0212. The summed E-state index contributed by atoms with van der Waals surface area (Å²) in [5.41, 5.74) is -1.53. The number of nitrogens with one attached hydrogen (secondary N) is 2. The SMILES string of the molecule is O=C(O)C1(NS(=O)(=O)c2ccc(Oc3ccc(F)cc3)cc2)CNC1. The molecule has 0 atom stereocenters. The quantitative estimate of drug-likeness (QED) is 0.712. The van der Waals surface area contributed by atoms with Crippen molar-refractivity contribution >= 4 is 16.0 Å². The molecule has 0 radical (unpaired) electrons. The number of rotatable bonds is 6. The molecule has 0 spiro atoms. The zero-order valence-electron chi connectivity index (χ0n) is 12.9. The number of carbonyl (C=O) groups is 1. The van der Waals surface area contributed by atoms with E-state index in [1.807, 2.05) is 0 Å². The second-order valence-corrected chi connectivity index (χ2v) is 7.31. The first-order valence-corrected chi connectivity index (χ1v) is 8.81. The Bertz CT molecular complexity index is 878. The van der Waals surface area contributed by atoms with E-state index < -0.39 is 27.3 Å². The number of sulfonamides is 1. The van der Waals surface area contributed by atoms with Gasteiger partial charge in [-0.05, 0) is 48.5 Å². The molecule has 0 aromatic heterocycles. The summed E-state index contributed by atoms with van der Waals surface area (Å²) in [6.07, 6.45) is 0. The Hall–Kier alpha value is -2.49. The standard InChI is InChI=1S/C16H15FN2O5S/c17-11-1-3-12(4-2-11)24-13-5-7-14(8-6-13)25(22,23)19-16(15(20)21)9-18-10-16/h1-8,18-19H,9-10H2,(H,20,21). The summed E-state index contributed by atoms with van der Waals surface area (Å²) in [7, 11) is -4.00. The number of halogens is 1. The van der Waals surface area contributed by atoms with Crippen molar-refractivity contribution in [1.29, 1.82) is 0 Å². The smallest absolute Gasteiger partial charge is 0.327 e. The Morgan fingerprint density at radius 3 is 2.04 bits per heavy atom. The highest BCUT2D eigenvalue weighted by atomic mass is 32.2. The van der Waals surface area contributed by atoms with Crippen LogP contribution in [-0.2, 0) is 14.8 Å². The van der Waals surface area contributed by atoms with Crippen LogP contribution in [0.25, 0.3) is 0 Å². The van der Waals surface area contributed by atoms with E-state index in [0.717, 1.165) is 0 Å². The Kier molecular flexibility index (Phi) is 4.46. The number of carboxylic acids is 1. The number of aliphatic carboxylic acids is 1. The second kappa shape index (κ2) is 6.43. The van der Waals surface area contributed by atoms with E-state index in [0.29, 0.717) is 11.5 Å². The lowest BCUT2D eigenvalue weighted by Crippen LogP contribution is -2.72. The van der Waals surface area contributed by atoms with Crippen molar-refractivity contribution in [3.63, 3.8) is 0 Å². The normalized spacial score (nSPS) is 16.0. The molecule has 2 aromatic carbocycles. The topological polar surface area (TPSA) is 105 Å². The van der Waals surface area contributed by atoms with Crippen molar-refractivity contribution in [1.82, 2.24) is 10.0 Å². The van der Waals surface area contributed by atoms with Gasteiger partial charge >= 0.3 is 5.97 Å². The molecular formula is C16H15FN2O5S. The molecule has 0 unspecified atom stereocenters. The molecule has 25 heavy (non-hydrogen) atoms. The average Bonchev–Trinajstić information content (AvgIpc) is 2.53. The molecule has 1 aliphatic heterocycles. The van der Waals surface area contributed by atoms with Gasteiger partial charge in [-0.25, -0.2) is 12.8 Å². The van der Waals surface area contributed by atoms with Crippen LogP contribution in [0.3, 0.4) is 0 Å². The Labute approximate surface area is 143 Å². The summed E-state index contributed by atoms with van der Waals surface area (Å²) in [6.45, 7) is 0.0423. The summed E-state index contributed by atoms with van der Waals surface area (Å²) in [5.74, 6) is -0.854. The van der Waals surface area contributed by atoms with Gasteiger partial charge in [0.2, 0.25) is 10.0 Å². The van der Waals surface area contributed by atoms with Gasteiger partial charge in [0.15, 0.2) is 5.54 Å². The van der Waals surface area contributed by atoms with E-state index in [2.05, 4.69) is 10.0 Å². The van der Waals surface area contributed by atoms with Crippen molar-refractivity contribution in [3.05, 3.63) is 54.3 Å². The molecule has 1 saturated heterocycles.